The van der Waals surface area contributed by atoms with Crippen molar-refractivity contribution in [3.8, 4) is 5.75 Å². The molecule has 2 aliphatic rings. The number of fused-ring (bicyclic) bond motifs is 2. The van der Waals surface area contributed by atoms with E-state index >= 15 is 0 Å². The van der Waals surface area contributed by atoms with Gasteiger partial charge in [0.1, 0.15) is 5.75 Å². The smallest absolute Gasteiger partial charge is 0.116 e. The number of aromatic hydroxyl groups is 1. The normalized spacial score (nSPS) is 21.8. The summed E-state index contributed by atoms with van der Waals surface area (Å²) in [6, 6.07) is 12.3. The van der Waals surface area contributed by atoms with Gasteiger partial charge in [-0.2, -0.15) is 0 Å². The maximum absolute atomic E-state index is 9.87. The molecule has 1 atom stereocenters. The van der Waals surface area contributed by atoms with Crippen molar-refractivity contribution in [3.63, 3.8) is 0 Å². The fourth-order valence-electron chi connectivity index (χ4n) is 3.58. The highest BCUT2D eigenvalue weighted by atomic mass is 35.5. The molecule has 0 bridgehead atoms. The second-order valence-electron chi connectivity index (χ2n) is 6.64. The van der Waals surface area contributed by atoms with Crippen LogP contribution in [0.4, 0.5) is 0 Å². The summed E-state index contributed by atoms with van der Waals surface area (Å²) < 4.78 is 0. The van der Waals surface area contributed by atoms with Crippen molar-refractivity contribution < 1.29 is 5.11 Å². The molecule has 0 saturated carbocycles. The van der Waals surface area contributed by atoms with Crippen molar-refractivity contribution in [3.05, 3.63) is 52.5 Å². The maximum Gasteiger partial charge on any atom is 0.116 e. The topological polar surface area (TPSA) is 26.7 Å². The summed E-state index contributed by atoms with van der Waals surface area (Å²) in [5.41, 5.74) is 2.61. The Bertz CT molecular complexity index is 759. The molecule has 2 aromatic rings. The van der Waals surface area contributed by atoms with Crippen molar-refractivity contribution in [1.29, 1.82) is 0 Å². The zero-order valence-corrected chi connectivity index (χ0v) is 15.3. The first-order valence-electron chi connectivity index (χ1n) is 8.32. The maximum atomic E-state index is 9.87. The van der Waals surface area contributed by atoms with Gasteiger partial charge in [0.15, 0.2) is 0 Å². The van der Waals surface area contributed by atoms with Crippen molar-refractivity contribution in [2.45, 2.75) is 22.3 Å². The number of rotatable bonds is 1. The fourth-order valence-corrected chi connectivity index (χ4v) is 4.90. The molecule has 0 aliphatic carbocycles. The lowest BCUT2D eigenvalue weighted by Gasteiger charge is -2.38. The molecule has 1 fully saturated rings. The van der Waals surface area contributed by atoms with E-state index < -0.39 is 0 Å². The average molecular weight is 361 g/mol. The summed E-state index contributed by atoms with van der Waals surface area (Å²) in [5.74, 6) is 0.329. The van der Waals surface area contributed by atoms with Crippen LogP contribution in [-0.4, -0.2) is 48.1 Å². The molecule has 0 unspecified atom stereocenters. The number of benzene rings is 2. The first-order valence-corrected chi connectivity index (χ1v) is 9.51. The summed E-state index contributed by atoms with van der Waals surface area (Å²) in [7, 11) is 2.18. The largest absolute Gasteiger partial charge is 0.508 e. The van der Waals surface area contributed by atoms with Gasteiger partial charge in [0.05, 0.1) is 0 Å². The highest BCUT2D eigenvalue weighted by molar-refractivity contribution is 7.99. The standard InChI is InChI=1S/C19H21ClN2OS/c1-21-6-8-22(9-7-21)17-10-13-2-4-15(23)12-19(13)24-18-5-3-14(20)11-16(17)18/h2-5,11-12,17,23H,6-10H2,1H3/t17-/m1/s1. The van der Waals surface area contributed by atoms with Crippen LogP contribution in [-0.2, 0) is 6.42 Å². The van der Waals surface area contributed by atoms with Crippen molar-refractivity contribution in [2.24, 2.45) is 0 Å². The third kappa shape index (κ3) is 3.16. The van der Waals surface area contributed by atoms with E-state index in [4.69, 9.17) is 11.6 Å². The predicted octanol–water partition coefficient (Wildman–Crippen LogP) is 4.04. The summed E-state index contributed by atoms with van der Waals surface area (Å²) >= 11 is 8.06. The number of nitrogens with zero attached hydrogens (tertiary/aromatic N) is 2. The van der Waals surface area contributed by atoms with Gasteiger partial charge in [-0.05, 0) is 54.9 Å². The zero-order chi connectivity index (χ0) is 16.7. The van der Waals surface area contributed by atoms with Crippen LogP contribution in [0, 0.1) is 0 Å². The minimum Gasteiger partial charge on any atom is -0.508 e. The van der Waals surface area contributed by atoms with Crippen molar-refractivity contribution >= 4 is 23.4 Å². The summed E-state index contributed by atoms with van der Waals surface area (Å²) in [6.07, 6.45) is 0.958. The Labute approximate surface area is 152 Å². The van der Waals surface area contributed by atoms with Crippen LogP contribution >= 0.6 is 23.4 Å². The predicted molar refractivity (Wildman–Crippen MR) is 99.2 cm³/mol. The van der Waals surface area contributed by atoms with Gasteiger partial charge in [-0.25, -0.2) is 0 Å². The lowest BCUT2D eigenvalue weighted by molar-refractivity contribution is 0.110. The Morgan fingerprint density at radius 1 is 1.04 bits per heavy atom. The van der Waals surface area contributed by atoms with Gasteiger partial charge in [-0.15, -0.1) is 0 Å². The molecule has 2 aromatic carbocycles. The molecule has 3 nitrogen and oxygen atoms in total. The van der Waals surface area contributed by atoms with Gasteiger partial charge >= 0.3 is 0 Å². The van der Waals surface area contributed by atoms with E-state index in [2.05, 4.69) is 35.0 Å². The molecule has 2 aliphatic heterocycles. The molecule has 0 spiro atoms. The van der Waals surface area contributed by atoms with Crippen LogP contribution in [0.1, 0.15) is 17.2 Å². The molecular formula is C19H21ClN2OS. The second-order valence-corrected chi connectivity index (χ2v) is 8.16. The van der Waals surface area contributed by atoms with E-state index in [0.29, 0.717) is 11.8 Å². The van der Waals surface area contributed by atoms with Crippen molar-refractivity contribution in [1.82, 2.24) is 9.80 Å². The van der Waals surface area contributed by atoms with E-state index in [1.807, 2.05) is 12.1 Å². The van der Waals surface area contributed by atoms with Crippen LogP contribution < -0.4 is 0 Å². The number of halogens is 1. The Hall–Kier alpha value is -1.20. The van der Waals surface area contributed by atoms with E-state index in [9.17, 15) is 5.11 Å². The lowest BCUT2D eigenvalue weighted by atomic mass is 9.96. The van der Waals surface area contributed by atoms with Crippen LogP contribution in [0.15, 0.2) is 46.2 Å². The molecule has 0 amide bonds. The Kier molecular flexibility index (Phi) is 4.48. The number of piperazine rings is 1. The number of hydrogen-bond acceptors (Lipinski definition) is 4. The van der Waals surface area contributed by atoms with E-state index in [1.165, 1.54) is 16.0 Å². The van der Waals surface area contributed by atoms with Gasteiger partial charge in [-0.3, -0.25) is 4.90 Å². The van der Waals surface area contributed by atoms with E-state index in [-0.39, 0.29) is 0 Å². The Balaban J connectivity index is 1.77. The highest BCUT2D eigenvalue weighted by Crippen LogP contribution is 2.44. The number of phenols is 1. The first-order chi connectivity index (χ1) is 11.6. The zero-order valence-electron chi connectivity index (χ0n) is 13.7. The monoisotopic (exact) mass is 360 g/mol. The molecule has 126 valence electrons. The van der Waals surface area contributed by atoms with Crippen molar-refractivity contribution in [2.75, 3.05) is 33.2 Å². The summed E-state index contributed by atoms with van der Waals surface area (Å²) in [6.45, 7) is 4.35. The van der Waals surface area contributed by atoms with Crippen LogP contribution in [0.5, 0.6) is 5.75 Å². The Morgan fingerprint density at radius 3 is 2.62 bits per heavy atom. The highest BCUT2D eigenvalue weighted by Gasteiger charge is 2.29. The fraction of sp³-hybridized carbons (Fsp3) is 0.368. The van der Waals surface area contributed by atoms with Crippen LogP contribution in [0.2, 0.25) is 5.02 Å². The summed E-state index contributed by atoms with van der Waals surface area (Å²) in [5, 5.41) is 10.7. The van der Waals surface area contributed by atoms with Gasteiger partial charge in [-0.1, -0.05) is 29.4 Å². The molecule has 1 N–H and O–H groups in total. The third-order valence-electron chi connectivity index (χ3n) is 4.99. The lowest BCUT2D eigenvalue weighted by Crippen LogP contribution is -2.46. The number of hydrogen-bond donors (Lipinski definition) is 1. The quantitative estimate of drug-likeness (QED) is 0.830. The van der Waals surface area contributed by atoms with Gasteiger partial charge in [0.2, 0.25) is 0 Å². The second kappa shape index (κ2) is 6.60. The molecule has 24 heavy (non-hydrogen) atoms. The van der Waals surface area contributed by atoms with E-state index in [0.717, 1.165) is 42.5 Å². The Morgan fingerprint density at radius 2 is 1.83 bits per heavy atom. The summed E-state index contributed by atoms with van der Waals surface area (Å²) in [4.78, 5) is 7.35. The SMILES string of the molecule is CN1CCN([C@@H]2Cc3ccc(O)cc3Sc3ccc(Cl)cc32)CC1. The van der Waals surface area contributed by atoms with Crippen LogP contribution in [0.25, 0.3) is 0 Å². The third-order valence-corrected chi connectivity index (χ3v) is 6.42. The minimum atomic E-state index is 0.329. The van der Waals surface area contributed by atoms with Gasteiger partial charge in [0.25, 0.3) is 0 Å². The molecule has 1 saturated heterocycles. The average Bonchev–Trinajstić information content (AvgIpc) is 2.72. The van der Waals surface area contributed by atoms with Crippen LogP contribution in [0.3, 0.4) is 0 Å². The molecule has 4 rings (SSSR count). The molecule has 2 heterocycles. The number of likely N-dealkylation sites (N-methyl/N-ethyl adjacent to an activating group) is 1. The molecule has 0 radical (unpaired) electrons. The van der Waals surface area contributed by atoms with E-state index in [1.54, 1.807) is 17.8 Å². The van der Waals surface area contributed by atoms with Gasteiger partial charge in [0, 0.05) is 47.0 Å². The minimum absolute atomic E-state index is 0.329. The number of phenolic OH excluding ortho intramolecular Hbond substituents is 1. The molecular weight excluding hydrogens is 340 g/mol. The van der Waals surface area contributed by atoms with Gasteiger partial charge < -0.3 is 10.0 Å². The molecule has 0 aromatic heterocycles. The first kappa shape index (κ1) is 16.3. The molecule has 5 heteroatoms.